The van der Waals surface area contributed by atoms with E-state index in [1.807, 2.05) is 48.2 Å². The van der Waals surface area contributed by atoms with E-state index in [0.29, 0.717) is 19.0 Å². The van der Waals surface area contributed by atoms with E-state index in [2.05, 4.69) is 44.6 Å². The fourth-order valence-corrected chi connectivity index (χ4v) is 4.29. The molecule has 152 valence electrons. The molecule has 7 heteroatoms. The average molecular weight is 400 g/mol. The molecule has 0 spiro atoms. The molecule has 0 bridgehead atoms. The van der Waals surface area contributed by atoms with Crippen molar-refractivity contribution in [2.45, 2.75) is 13.0 Å². The number of allylic oxidation sites excluding steroid dienone is 1. The quantitative estimate of drug-likeness (QED) is 0.732. The van der Waals surface area contributed by atoms with Gasteiger partial charge in [0.2, 0.25) is 5.95 Å². The van der Waals surface area contributed by atoms with E-state index in [1.165, 1.54) is 12.0 Å². The summed E-state index contributed by atoms with van der Waals surface area (Å²) < 4.78 is 1.80. The molecule has 1 N–H and O–H groups in total. The van der Waals surface area contributed by atoms with Gasteiger partial charge in [0.25, 0.3) is 5.91 Å². The van der Waals surface area contributed by atoms with Gasteiger partial charge >= 0.3 is 0 Å². The predicted molar refractivity (Wildman–Crippen MR) is 116 cm³/mol. The third-order valence-electron chi connectivity index (χ3n) is 5.83. The summed E-state index contributed by atoms with van der Waals surface area (Å²) in [4.78, 5) is 22.3. The molecular formula is C23H24N6O. The Morgan fingerprint density at radius 2 is 1.63 bits per heavy atom. The fraction of sp³-hybridized carbons (Fsp3) is 0.261. The number of nitrogens with one attached hydrogen (secondary N) is 1. The number of carbonyl (C=O) groups excluding carboxylic acids is 1. The predicted octanol–water partition coefficient (Wildman–Crippen LogP) is 2.92. The fourth-order valence-electron chi connectivity index (χ4n) is 4.29. The van der Waals surface area contributed by atoms with Crippen LogP contribution in [-0.2, 0) is 4.79 Å². The number of nitrogens with zero attached hydrogens (tertiary/aromatic N) is 5. The number of hydrogen-bond donors (Lipinski definition) is 1. The van der Waals surface area contributed by atoms with Crippen molar-refractivity contribution in [1.29, 1.82) is 0 Å². The van der Waals surface area contributed by atoms with Gasteiger partial charge in [-0.1, -0.05) is 48.5 Å². The molecule has 3 heterocycles. The monoisotopic (exact) mass is 400 g/mol. The minimum atomic E-state index is -0.287. The summed E-state index contributed by atoms with van der Waals surface area (Å²) in [5.74, 6) is 0.717. The first-order chi connectivity index (χ1) is 14.7. The minimum absolute atomic E-state index is 0.0581. The molecule has 2 aliphatic rings. The van der Waals surface area contributed by atoms with Gasteiger partial charge in [0.05, 0.1) is 5.57 Å². The maximum atomic E-state index is 13.7. The van der Waals surface area contributed by atoms with Crippen LogP contribution in [0.4, 0.5) is 11.6 Å². The Labute approximate surface area is 175 Å². The van der Waals surface area contributed by atoms with Crippen molar-refractivity contribution >= 4 is 17.5 Å². The van der Waals surface area contributed by atoms with Gasteiger partial charge in [0.1, 0.15) is 12.4 Å². The van der Waals surface area contributed by atoms with Crippen molar-refractivity contribution in [3.8, 4) is 0 Å². The average Bonchev–Trinajstić information content (AvgIpc) is 3.27. The minimum Gasteiger partial charge on any atom is -0.368 e. The molecule has 30 heavy (non-hydrogen) atoms. The molecule has 7 nitrogen and oxygen atoms in total. The topological polar surface area (TPSA) is 66.3 Å². The van der Waals surface area contributed by atoms with E-state index in [0.717, 1.165) is 29.9 Å². The van der Waals surface area contributed by atoms with E-state index in [4.69, 9.17) is 0 Å². The molecular weight excluding hydrogens is 376 g/mol. The number of para-hydroxylation sites is 1. The van der Waals surface area contributed by atoms with Gasteiger partial charge in [-0.05, 0) is 24.6 Å². The van der Waals surface area contributed by atoms with Gasteiger partial charge in [0, 0.05) is 37.6 Å². The number of carbonyl (C=O) groups is 1. The van der Waals surface area contributed by atoms with Crippen LogP contribution in [0.1, 0.15) is 18.5 Å². The number of fused-ring (bicyclic) bond motifs is 1. The van der Waals surface area contributed by atoms with Crippen molar-refractivity contribution in [2.75, 3.05) is 36.4 Å². The van der Waals surface area contributed by atoms with E-state index < -0.39 is 0 Å². The highest BCUT2D eigenvalue weighted by atomic mass is 16.2. The van der Waals surface area contributed by atoms with E-state index in [-0.39, 0.29) is 11.9 Å². The lowest BCUT2D eigenvalue weighted by atomic mass is 9.94. The molecule has 1 saturated heterocycles. The zero-order valence-electron chi connectivity index (χ0n) is 16.9. The van der Waals surface area contributed by atoms with Crippen molar-refractivity contribution in [1.82, 2.24) is 19.7 Å². The molecule has 2 aromatic carbocycles. The lowest BCUT2D eigenvalue weighted by Crippen LogP contribution is -2.50. The highest BCUT2D eigenvalue weighted by Gasteiger charge is 2.36. The Bertz CT molecular complexity index is 1070. The van der Waals surface area contributed by atoms with Gasteiger partial charge in [0.15, 0.2) is 0 Å². The van der Waals surface area contributed by atoms with Crippen LogP contribution in [0.15, 0.2) is 78.3 Å². The molecule has 1 amide bonds. The van der Waals surface area contributed by atoms with Crippen LogP contribution in [0, 0.1) is 0 Å². The molecule has 3 aromatic rings. The zero-order chi connectivity index (χ0) is 20.5. The van der Waals surface area contributed by atoms with Crippen LogP contribution in [-0.4, -0.2) is 51.8 Å². The standard InChI is InChI=1S/C23H24N6O/c1-17-20(21(18-8-4-2-5-9-18)29-23(26-17)24-16-25-29)22(30)28-14-12-27(13-15-28)19-10-6-3-7-11-19/h2-11,16,21H,12-15H2,1H3,(H,24,25,26). The van der Waals surface area contributed by atoms with Crippen molar-refractivity contribution < 1.29 is 4.79 Å². The Morgan fingerprint density at radius 1 is 0.967 bits per heavy atom. The first-order valence-electron chi connectivity index (χ1n) is 10.2. The summed E-state index contributed by atoms with van der Waals surface area (Å²) in [6, 6.07) is 20.1. The maximum Gasteiger partial charge on any atom is 0.254 e. The van der Waals surface area contributed by atoms with Gasteiger partial charge in [-0.2, -0.15) is 10.1 Å². The van der Waals surface area contributed by atoms with Crippen molar-refractivity contribution in [2.24, 2.45) is 0 Å². The van der Waals surface area contributed by atoms with Crippen LogP contribution in [0.25, 0.3) is 0 Å². The normalized spacial score (nSPS) is 18.8. The largest absolute Gasteiger partial charge is 0.368 e. The summed E-state index contributed by atoms with van der Waals surface area (Å²) in [5.41, 5.74) is 3.79. The van der Waals surface area contributed by atoms with Crippen molar-refractivity contribution in [3.05, 3.63) is 83.8 Å². The Kier molecular flexibility index (Phi) is 4.71. The number of aromatic nitrogens is 3. The molecule has 1 fully saturated rings. The highest BCUT2D eigenvalue weighted by molar-refractivity contribution is 5.97. The Balaban J connectivity index is 1.41. The second kappa shape index (κ2) is 7.67. The first kappa shape index (κ1) is 18.4. The van der Waals surface area contributed by atoms with E-state index >= 15 is 0 Å². The lowest BCUT2D eigenvalue weighted by molar-refractivity contribution is -0.128. The van der Waals surface area contributed by atoms with Gasteiger partial charge < -0.3 is 15.1 Å². The maximum absolute atomic E-state index is 13.7. The zero-order valence-corrected chi connectivity index (χ0v) is 16.9. The van der Waals surface area contributed by atoms with Crippen LogP contribution >= 0.6 is 0 Å². The number of piperazine rings is 1. The first-order valence-corrected chi connectivity index (χ1v) is 10.2. The van der Waals surface area contributed by atoms with Crippen molar-refractivity contribution in [3.63, 3.8) is 0 Å². The molecule has 1 aromatic heterocycles. The third kappa shape index (κ3) is 3.22. The smallest absolute Gasteiger partial charge is 0.254 e. The lowest BCUT2D eigenvalue weighted by Gasteiger charge is -2.38. The number of amides is 1. The summed E-state index contributed by atoms with van der Waals surface area (Å²) in [5, 5.41) is 7.66. The summed E-state index contributed by atoms with van der Waals surface area (Å²) in [6.07, 6.45) is 1.53. The molecule has 2 aliphatic heterocycles. The van der Waals surface area contributed by atoms with E-state index in [9.17, 15) is 4.79 Å². The Hall–Kier alpha value is -3.61. The summed E-state index contributed by atoms with van der Waals surface area (Å²) in [7, 11) is 0. The highest BCUT2D eigenvalue weighted by Crippen LogP contribution is 2.35. The molecule has 1 atom stereocenters. The number of benzene rings is 2. The van der Waals surface area contributed by atoms with Crippen LogP contribution < -0.4 is 10.2 Å². The molecule has 0 aliphatic carbocycles. The number of hydrogen-bond acceptors (Lipinski definition) is 5. The number of rotatable bonds is 3. The van der Waals surface area contributed by atoms with Gasteiger partial charge in [-0.15, -0.1) is 0 Å². The van der Waals surface area contributed by atoms with E-state index in [1.54, 1.807) is 4.68 Å². The second-order valence-electron chi connectivity index (χ2n) is 7.62. The van der Waals surface area contributed by atoms with Crippen LogP contribution in [0.3, 0.4) is 0 Å². The van der Waals surface area contributed by atoms with Crippen LogP contribution in [0.2, 0.25) is 0 Å². The summed E-state index contributed by atoms with van der Waals surface area (Å²) in [6.45, 7) is 4.97. The van der Waals surface area contributed by atoms with Gasteiger partial charge in [-0.25, -0.2) is 4.68 Å². The molecule has 0 saturated carbocycles. The van der Waals surface area contributed by atoms with Gasteiger partial charge in [-0.3, -0.25) is 4.79 Å². The SMILES string of the molecule is CC1=C(C(=O)N2CCN(c3ccccc3)CC2)C(c2ccccc2)n2ncnc2N1. The van der Waals surface area contributed by atoms with Crippen LogP contribution in [0.5, 0.6) is 0 Å². The molecule has 1 unspecified atom stereocenters. The third-order valence-corrected chi connectivity index (χ3v) is 5.83. The molecule has 5 rings (SSSR count). The summed E-state index contributed by atoms with van der Waals surface area (Å²) >= 11 is 0. The Morgan fingerprint density at radius 3 is 2.33 bits per heavy atom. The number of anilines is 2. The molecule has 0 radical (unpaired) electrons. The second-order valence-corrected chi connectivity index (χ2v) is 7.62.